The monoisotopic (exact) mass is 455 g/mol. The van der Waals surface area contributed by atoms with Gasteiger partial charge in [0, 0.05) is 37.2 Å². The summed E-state index contributed by atoms with van der Waals surface area (Å²) in [6.45, 7) is 4.43. The third kappa shape index (κ3) is 8.07. The second-order valence-electron chi connectivity index (χ2n) is 5.96. The minimum absolute atomic E-state index is 0. The van der Waals surface area contributed by atoms with E-state index in [-0.39, 0.29) is 24.8 Å². The van der Waals surface area contributed by atoms with Gasteiger partial charge in [-0.1, -0.05) is 29.8 Å². The quantitative estimate of drug-likeness (QED) is 0.446. The molecule has 0 bridgehead atoms. The van der Waals surface area contributed by atoms with E-state index < -0.39 is 0 Å². The first-order valence-corrected chi connectivity index (χ1v) is 9.21. The summed E-state index contributed by atoms with van der Waals surface area (Å²) in [6, 6.07) is 13.6. The number of ether oxygens (including phenoxy) is 2. The van der Waals surface area contributed by atoms with Gasteiger partial charge in [-0.2, -0.15) is 0 Å². The Balaban J connectivity index is 0.00000210. The van der Waals surface area contributed by atoms with Crippen molar-refractivity contribution in [3.05, 3.63) is 82.9 Å². The van der Waals surface area contributed by atoms with Crippen LogP contribution in [0.5, 0.6) is 11.5 Å². The van der Waals surface area contributed by atoms with E-state index in [1.165, 1.54) is 0 Å². The number of benzene rings is 1. The molecule has 2 aromatic heterocycles. The first-order valence-electron chi connectivity index (χ1n) is 8.83. The maximum Gasteiger partial charge on any atom is 0.161 e. The van der Waals surface area contributed by atoms with Crippen molar-refractivity contribution in [2.45, 2.75) is 26.6 Å². The van der Waals surface area contributed by atoms with Gasteiger partial charge in [0.05, 0.1) is 6.61 Å². The Hall–Kier alpha value is -2.05. The van der Waals surface area contributed by atoms with Crippen molar-refractivity contribution in [2.24, 2.45) is 0 Å². The summed E-state index contributed by atoms with van der Waals surface area (Å²) in [5.41, 5.74) is 3.23. The van der Waals surface area contributed by atoms with E-state index in [0.717, 1.165) is 35.5 Å². The molecule has 0 unspecified atom stereocenters. The molecule has 0 saturated carbocycles. The molecule has 1 N–H and O–H groups in total. The first-order chi connectivity index (χ1) is 13.2. The smallest absolute Gasteiger partial charge is 0.161 e. The second kappa shape index (κ2) is 13.2. The topological polar surface area (TPSA) is 56.3 Å². The number of halogens is 3. The zero-order valence-corrected chi connectivity index (χ0v) is 18.4. The van der Waals surface area contributed by atoms with Crippen LogP contribution in [0.25, 0.3) is 0 Å². The van der Waals surface area contributed by atoms with Crippen LogP contribution in [0.3, 0.4) is 0 Å². The Bertz CT molecular complexity index is 850. The van der Waals surface area contributed by atoms with Crippen LogP contribution in [0.4, 0.5) is 0 Å². The van der Waals surface area contributed by atoms with E-state index in [0.29, 0.717) is 24.1 Å². The lowest BCUT2D eigenvalue weighted by atomic mass is 10.2. The van der Waals surface area contributed by atoms with Crippen LogP contribution in [0.2, 0.25) is 5.15 Å². The standard InChI is InChI=1S/C21H22ClN3O2.2ClH/c1-2-26-20-10-16(11-24-13-17-4-3-9-23-12-17)5-7-19(20)27-15-18-6-8-21(22)25-14-18;;/h3-10,12,14,24H,2,11,13,15H2,1H3;2*1H. The SMILES string of the molecule is CCOc1cc(CNCc2cccnc2)ccc1OCc1ccc(Cl)nc1.Cl.Cl. The van der Waals surface area contributed by atoms with Crippen LogP contribution in [0.15, 0.2) is 61.1 Å². The van der Waals surface area contributed by atoms with Crippen LogP contribution in [-0.4, -0.2) is 16.6 Å². The van der Waals surface area contributed by atoms with Gasteiger partial charge in [-0.25, -0.2) is 4.98 Å². The number of nitrogens with zero attached hydrogens (tertiary/aromatic N) is 2. The fourth-order valence-electron chi connectivity index (χ4n) is 2.56. The lowest BCUT2D eigenvalue weighted by molar-refractivity contribution is 0.269. The zero-order valence-electron chi connectivity index (χ0n) is 16.0. The number of aromatic nitrogens is 2. The average molecular weight is 457 g/mol. The van der Waals surface area contributed by atoms with E-state index in [2.05, 4.69) is 15.3 Å². The Morgan fingerprint density at radius 2 is 1.69 bits per heavy atom. The molecule has 3 rings (SSSR count). The highest BCUT2D eigenvalue weighted by Gasteiger charge is 2.07. The van der Waals surface area contributed by atoms with E-state index in [4.69, 9.17) is 21.1 Å². The minimum atomic E-state index is 0. The fraction of sp³-hybridized carbons (Fsp3) is 0.238. The Kier molecular flexibility index (Phi) is 11.4. The molecule has 156 valence electrons. The molecule has 0 atom stereocenters. The summed E-state index contributed by atoms with van der Waals surface area (Å²) in [6.07, 6.45) is 5.34. The fourth-order valence-corrected chi connectivity index (χ4v) is 2.67. The van der Waals surface area contributed by atoms with Crippen LogP contribution in [-0.2, 0) is 19.7 Å². The summed E-state index contributed by atoms with van der Waals surface area (Å²) < 4.78 is 11.7. The van der Waals surface area contributed by atoms with E-state index in [1.807, 2.05) is 49.5 Å². The van der Waals surface area contributed by atoms with Crippen molar-refractivity contribution in [3.63, 3.8) is 0 Å². The highest BCUT2D eigenvalue weighted by Crippen LogP contribution is 2.29. The van der Waals surface area contributed by atoms with Crippen molar-refractivity contribution in [1.29, 1.82) is 0 Å². The summed E-state index contributed by atoms with van der Waals surface area (Å²) in [5, 5.41) is 3.88. The van der Waals surface area contributed by atoms with Crippen molar-refractivity contribution in [3.8, 4) is 11.5 Å². The lowest BCUT2D eigenvalue weighted by Gasteiger charge is -2.14. The third-order valence-corrected chi connectivity index (χ3v) is 4.10. The number of hydrogen-bond acceptors (Lipinski definition) is 5. The van der Waals surface area contributed by atoms with E-state index in [9.17, 15) is 0 Å². The molecule has 0 fully saturated rings. The first kappa shape index (κ1) is 25.0. The molecule has 8 heteroatoms. The van der Waals surface area contributed by atoms with Gasteiger partial charge in [-0.05, 0) is 42.3 Å². The summed E-state index contributed by atoms with van der Waals surface area (Å²) in [4.78, 5) is 8.19. The zero-order chi connectivity index (χ0) is 18.9. The number of nitrogens with one attached hydrogen (secondary N) is 1. The Labute approximate surface area is 188 Å². The molecule has 29 heavy (non-hydrogen) atoms. The van der Waals surface area contributed by atoms with Crippen LogP contribution >= 0.6 is 36.4 Å². The molecular weight excluding hydrogens is 433 g/mol. The number of rotatable bonds is 9. The average Bonchev–Trinajstić information content (AvgIpc) is 2.70. The third-order valence-electron chi connectivity index (χ3n) is 3.87. The van der Waals surface area contributed by atoms with E-state index >= 15 is 0 Å². The highest BCUT2D eigenvalue weighted by atomic mass is 35.5. The van der Waals surface area contributed by atoms with Crippen molar-refractivity contribution in [1.82, 2.24) is 15.3 Å². The largest absolute Gasteiger partial charge is 0.490 e. The van der Waals surface area contributed by atoms with Crippen molar-refractivity contribution >= 4 is 36.4 Å². The van der Waals surface area contributed by atoms with Gasteiger partial charge in [0.2, 0.25) is 0 Å². The Morgan fingerprint density at radius 3 is 2.38 bits per heavy atom. The Morgan fingerprint density at radius 1 is 0.897 bits per heavy atom. The number of hydrogen-bond donors (Lipinski definition) is 1. The maximum absolute atomic E-state index is 5.91. The molecule has 0 aliphatic carbocycles. The van der Waals surface area contributed by atoms with Gasteiger partial charge in [0.1, 0.15) is 11.8 Å². The lowest BCUT2D eigenvalue weighted by Crippen LogP contribution is -2.13. The molecule has 0 aliphatic rings. The molecule has 0 radical (unpaired) electrons. The molecule has 3 aromatic rings. The summed E-state index contributed by atoms with van der Waals surface area (Å²) >= 11 is 5.81. The summed E-state index contributed by atoms with van der Waals surface area (Å²) in [5.74, 6) is 1.45. The second-order valence-corrected chi connectivity index (χ2v) is 6.34. The van der Waals surface area contributed by atoms with Gasteiger partial charge in [0.15, 0.2) is 11.5 Å². The molecular formula is C21H24Cl3N3O2. The maximum atomic E-state index is 5.91. The van der Waals surface area contributed by atoms with Crippen LogP contribution in [0, 0.1) is 0 Å². The van der Waals surface area contributed by atoms with Crippen LogP contribution < -0.4 is 14.8 Å². The van der Waals surface area contributed by atoms with Gasteiger partial charge >= 0.3 is 0 Å². The summed E-state index contributed by atoms with van der Waals surface area (Å²) in [7, 11) is 0. The minimum Gasteiger partial charge on any atom is -0.490 e. The van der Waals surface area contributed by atoms with Gasteiger partial charge in [-0.15, -0.1) is 24.8 Å². The molecule has 0 saturated heterocycles. The van der Waals surface area contributed by atoms with Gasteiger partial charge < -0.3 is 14.8 Å². The molecule has 0 spiro atoms. The van der Waals surface area contributed by atoms with Crippen LogP contribution in [0.1, 0.15) is 23.6 Å². The normalized spacial score (nSPS) is 9.86. The molecule has 1 aromatic carbocycles. The predicted octanol–water partition coefficient (Wildman–Crippen LogP) is 5.24. The molecule has 2 heterocycles. The predicted molar refractivity (Wildman–Crippen MR) is 120 cm³/mol. The molecule has 0 amide bonds. The van der Waals surface area contributed by atoms with Gasteiger partial charge in [-0.3, -0.25) is 4.98 Å². The van der Waals surface area contributed by atoms with E-state index in [1.54, 1.807) is 18.5 Å². The van der Waals surface area contributed by atoms with Crippen molar-refractivity contribution in [2.75, 3.05) is 6.61 Å². The van der Waals surface area contributed by atoms with Crippen molar-refractivity contribution < 1.29 is 9.47 Å². The number of pyridine rings is 2. The molecule has 0 aliphatic heterocycles. The van der Waals surface area contributed by atoms with Gasteiger partial charge in [0.25, 0.3) is 0 Å². The molecule has 5 nitrogen and oxygen atoms in total. The highest BCUT2D eigenvalue weighted by molar-refractivity contribution is 6.29.